The van der Waals surface area contributed by atoms with E-state index in [2.05, 4.69) is 99.4 Å². The molecule has 0 unspecified atom stereocenters. The van der Waals surface area contributed by atoms with Gasteiger partial charge in [-0.1, -0.05) is 109 Å². The van der Waals surface area contributed by atoms with E-state index in [1.165, 1.54) is 0 Å². The van der Waals surface area contributed by atoms with E-state index in [4.69, 9.17) is 4.98 Å². The monoisotopic (exact) mass is 525 g/mol. The average Bonchev–Trinajstić information content (AvgIpc) is 3.67. The first-order valence-corrected chi connectivity index (χ1v) is 13.6. The van der Waals surface area contributed by atoms with E-state index in [0.29, 0.717) is 12.1 Å². The summed E-state index contributed by atoms with van der Waals surface area (Å²) in [5.41, 5.74) is 11.4. The number of para-hydroxylation sites is 1. The maximum atomic E-state index is 12.7. The first-order chi connectivity index (χ1) is 19.8. The van der Waals surface area contributed by atoms with Crippen molar-refractivity contribution < 1.29 is 4.79 Å². The Hall–Kier alpha value is -4.94. The minimum atomic E-state index is -0.569. The molecule has 0 saturated heterocycles. The molecule has 0 fully saturated rings. The molecule has 0 aliphatic rings. The zero-order valence-corrected chi connectivity index (χ0v) is 22.1. The van der Waals surface area contributed by atoms with Crippen LogP contribution in [0.15, 0.2) is 134 Å². The van der Waals surface area contributed by atoms with Gasteiger partial charge in [0, 0.05) is 29.8 Å². The fourth-order valence-corrected chi connectivity index (χ4v) is 5.49. The number of nitrogens with zero attached hydrogens (tertiary/aromatic N) is 2. The number of fused-ring (bicyclic) bond motifs is 1. The normalized spacial score (nSPS) is 11.5. The number of imidazole rings is 1. The Bertz CT molecular complexity index is 1590. The molecule has 6 rings (SSSR count). The summed E-state index contributed by atoms with van der Waals surface area (Å²) in [5.74, 6) is -0.153. The minimum absolute atomic E-state index is 0.153. The molecule has 4 aromatic carbocycles. The summed E-state index contributed by atoms with van der Waals surface area (Å²) in [7, 11) is 0. The summed E-state index contributed by atoms with van der Waals surface area (Å²) in [6.45, 7) is 0.627. The Labute approximate surface area is 233 Å². The molecule has 0 atom stereocenters. The van der Waals surface area contributed by atoms with Crippen LogP contribution in [0.3, 0.4) is 0 Å². The van der Waals surface area contributed by atoms with Crippen LogP contribution >= 0.6 is 0 Å². The van der Waals surface area contributed by atoms with Crippen molar-refractivity contribution in [2.75, 3.05) is 6.54 Å². The van der Waals surface area contributed by atoms with Crippen molar-refractivity contribution in [1.29, 1.82) is 0 Å². The molecule has 40 heavy (non-hydrogen) atoms. The number of aromatic amines is 1. The molecule has 0 saturated carbocycles. The number of benzene rings is 4. The van der Waals surface area contributed by atoms with Crippen molar-refractivity contribution in [2.24, 2.45) is 0 Å². The maximum Gasteiger partial charge on any atom is 0.267 e. The third-order valence-corrected chi connectivity index (χ3v) is 7.37. The molecule has 1 amide bonds. The number of aryl methyl sites for hydroxylation is 1. The van der Waals surface area contributed by atoms with Crippen LogP contribution in [0.25, 0.3) is 10.9 Å². The number of nitrogens with one attached hydrogen (secondary N) is 3. The number of hydrogen-bond acceptors (Lipinski definition) is 3. The van der Waals surface area contributed by atoms with E-state index in [1.54, 1.807) is 6.20 Å². The highest BCUT2D eigenvalue weighted by molar-refractivity contribution is 6.06. The molecule has 2 heterocycles. The van der Waals surface area contributed by atoms with Crippen LogP contribution in [0.1, 0.15) is 39.2 Å². The quantitative estimate of drug-likeness (QED) is 0.115. The molecule has 0 spiro atoms. The van der Waals surface area contributed by atoms with Crippen molar-refractivity contribution in [2.45, 2.75) is 18.4 Å². The van der Waals surface area contributed by atoms with Crippen LogP contribution < -0.4 is 10.9 Å². The molecule has 0 radical (unpaired) electrons. The molecular weight excluding hydrogens is 494 g/mol. The van der Waals surface area contributed by atoms with Gasteiger partial charge in [0.1, 0.15) is 5.54 Å². The number of rotatable bonds is 10. The van der Waals surface area contributed by atoms with Gasteiger partial charge in [-0.3, -0.25) is 10.2 Å². The highest BCUT2D eigenvalue weighted by Gasteiger charge is 2.38. The molecule has 0 aliphatic heterocycles. The van der Waals surface area contributed by atoms with Gasteiger partial charge in [-0.05, 0) is 35.6 Å². The second kappa shape index (κ2) is 11.4. The van der Waals surface area contributed by atoms with Crippen molar-refractivity contribution >= 4 is 16.8 Å². The van der Waals surface area contributed by atoms with E-state index in [9.17, 15) is 4.79 Å². The maximum absolute atomic E-state index is 12.7. The Balaban J connectivity index is 1.20. The van der Waals surface area contributed by atoms with Gasteiger partial charge >= 0.3 is 0 Å². The van der Waals surface area contributed by atoms with Crippen molar-refractivity contribution in [3.8, 4) is 0 Å². The lowest BCUT2D eigenvalue weighted by Crippen LogP contribution is -2.38. The van der Waals surface area contributed by atoms with Crippen LogP contribution in [0, 0.1) is 0 Å². The summed E-state index contributed by atoms with van der Waals surface area (Å²) >= 11 is 0. The number of carbonyl (C=O) groups is 1. The van der Waals surface area contributed by atoms with E-state index in [-0.39, 0.29) is 5.91 Å². The molecule has 6 heteroatoms. The first-order valence-electron chi connectivity index (χ1n) is 13.6. The SMILES string of the molecule is O=C(NNCCCc1cn(C(c2ccccc2)(c2ccccc2)c2ccccc2)cn1)c1c[nH]c2ccccc12. The number of hydrazine groups is 1. The summed E-state index contributed by atoms with van der Waals surface area (Å²) in [5, 5.41) is 0.908. The largest absolute Gasteiger partial charge is 0.360 e. The van der Waals surface area contributed by atoms with Gasteiger partial charge in [0.2, 0.25) is 0 Å². The fraction of sp³-hybridized carbons (Fsp3) is 0.118. The Morgan fingerprint density at radius 3 is 1.98 bits per heavy atom. The second-order valence-corrected chi connectivity index (χ2v) is 9.81. The van der Waals surface area contributed by atoms with Crippen LogP contribution in [-0.2, 0) is 12.0 Å². The van der Waals surface area contributed by atoms with E-state index in [0.717, 1.165) is 46.1 Å². The van der Waals surface area contributed by atoms with Crippen LogP contribution in [0.2, 0.25) is 0 Å². The van der Waals surface area contributed by atoms with E-state index >= 15 is 0 Å². The molecule has 198 valence electrons. The topological polar surface area (TPSA) is 74.7 Å². The van der Waals surface area contributed by atoms with Crippen LogP contribution in [0.5, 0.6) is 0 Å². The van der Waals surface area contributed by atoms with Gasteiger partial charge in [0.25, 0.3) is 5.91 Å². The predicted octanol–water partition coefficient (Wildman–Crippen LogP) is 6.07. The lowest BCUT2D eigenvalue weighted by atomic mass is 9.77. The zero-order valence-electron chi connectivity index (χ0n) is 22.1. The number of amides is 1. The molecule has 6 aromatic rings. The summed E-state index contributed by atoms with van der Waals surface area (Å²) in [4.78, 5) is 20.6. The van der Waals surface area contributed by atoms with E-state index in [1.807, 2.05) is 48.8 Å². The molecule has 0 aliphatic carbocycles. The first kappa shape index (κ1) is 25.3. The molecule has 2 aromatic heterocycles. The standard InChI is InChI=1S/C34H31N5O/c40-33(31-23-35-32-21-11-10-20-30(31)32)38-37-22-12-19-29-24-39(25-36-29)34(26-13-4-1-5-14-26,27-15-6-2-7-16-27)28-17-8-3-9-18-28/h1-11,13-18,20-21,23-25,35,37H,12,19,22H2,(H,38,40). The third-order valence-electron chi connectivity index (χ3n) is 7.37. The number of carbonyl (C=O) groups excluding carboxylic acids is 1. The fourth-order valence-electron chi connectivity index (χ4n) is 5.49. The second-order valence-electron chi connectivity index (χ2n) is 9.81. The van der Waals surface area contributed by atoms with Crippen molar-refractivity contribution in [3.63, 3.8) is 0 Å². The van der Waals surface area contributed by atoms with Crippen molar-refractivity contribution in [1.82, 2.24) is 25.4 Å². The predicted molar refractivity (Wildman–Crippen MR) is 159 cm³/mol. The average molecular weight is 526 g/mol. The molecule has 6 nitrogen and oxygen atoms in total. The Kier molecular flexibility index (Phi) is 7.24. The number of aromatic nitrogens is 3. The molecular formula is C34H31N5O. The summed E-state index contributed by atoms with van der Waals surface area (Å²) < 4.78 is 2.23. The van der Waals surface area contributed by atoms with Gasteiger partial charge in [-0.25, -0.2) is 10.4 Å². The lowest BCUT2D eigenvalue weighted by molar-refractivity contribution is 0.0935. The Morgan fingerprint density at radius 1 is 0.775 bits per heavy atom. The number of H-pyrrole nitrogens is 1. The molecule has 0 bridgehead atoms. The van der Waals surface area contributed by atoms with Gasteiger partial charge in [0.15, 0.2) is 0 Å². The third kappa shape index (κ3) is 4.81. The Morgan fingerprint density at radius 2 is 1.35 bits per heavy atom. The van der Waals surface area contributed by atoms with Gasteiger partial charge in [-0.2, -0.15) is 0 Å². The minimum Gasteiger partial charge on any atom is -0.360 e. The lowest BCUT2D eigenvalue weighted by Gasteiger charge is -2.37. The highest BCUT2D eigenvalue weighted by atomic mass is 16.2. The zero-order chi connectivity index (χ0) is 27.2. The summed E-state index contributed by atoms with van der Waals surface area (Å²) in [6, 6.07) is 39.5. The van der Waals surface area contributed by atoms with Gasteiger partial charge in [0.05, 0.1) is 17.6 Å². The highest BCUT2D eigenvalue weighted by Crippen LogP contribution is 2.40. The summed E-state index contributed by atoms with van der Waals surface area (Å²) in [6.07, 6.45) is 7.43. The number of hydrogen-bond donors (Lipinski definition) is 3. The van der Waals surface area contributed by atoms with E-state index < -0.39 is 5.54 Å². The van der Waals surface area contributed by atoms with Gasteiger partial charge < -0.3 is 9.55 Å². The van der Waals surface area contributed by atoms with Gasteiger partial charge in [-0.15, -0.1) is 0 Å². The van der Waals surface area contributed by atoms with Crippen LogP contribution in [-0.4, -0.2) is 27.0 Å². The van der Waals surface area contributed by atoms with Crippen LogP contribution in [0.4, 0.5) is 0 Å². The van der Waals surface area contributed by atoms with Crippen molar-refractivity contribution in [3.05, 3.63) is 162 Å². The smallest absolute Gasteiger partial charge is 0.267 e. The molecule has 3 N–H and O–H groups in total.